The van der Waals surface area contributed by atoms with Gasteiger partial charge in [-0.25, -0.2) is 0 Å². The molecule has 0 aliphatic rings. The van der Waals surface area contributed by atoms with Crippen LogP contribution in [-0.4, -0.2) is 75.5 Å². The van der Waals surface area contributed by atoms with E-state index in [-0.39, 0.29) is 42.7 Å². The highest BCUT2D eigenvalue weighted by Crippen LogP contribution is 2.17. The van der Waals surface area contributed by atoms with Crippen LogP contribution in [0.2, 0.25) is 0 Å². The summed E-state index contributed by atoms with van der Waals surface area (Å²) in [6.45, 7) is 4.72. The lowest BCUT2D eigenvalue weighted by Gasteiger charge is -2.34. The highest BCUT2D eigenvalue weighted by molar-refractivity contribution is 5.70. The topological polar surface area (TPSA) is 102 Å². The van der Waals surface area contributed by atoms with Crippen LogP contribution in [0, 0.1) is 0 Å². The number of unbranched alkanes of at least 4 members (excludes halogenated alkanes) is 36. The molecule has 0 aromatic heterocycles. The number of hydrogen-bond acceptors (Lipinski definition) is 7. The standard InChI is InChI=1S/C57H109NO7/c1-6-8-10-12-14-16-18-20-22-24-26-27-28-29-30-32-34-36-38-40-42-44-46-48-56(60)65-53(51-63-50-49-54(57(61)62)58(3,4)5)52-64-55(59)47-45-43-41-39-37-35-33-31-25-23-21-19-17-15-13-11-9-7-2/h29-30,53-54H,6-28,31-52H2,1-5H3/b30-29+. The van der Waals surface area contributed by atoms with Crippen LogP contribution in [0.5, 0.6) is 0 Å². The number of allylic oxidation sites excluding steroid dienone is 2. The molecule has 0 fully saturated rings. The van der Waals surface area contributed by atoms with E-state index in [1.54, 1.807) is 0 Å². The van der Waals surface area contributed by atoms with Gasteiger partial charge in [-0.15, -0.1) is 0 Å². The van der Waals surface area contributed by atoms with Crippen LogP contribution < -0.4 is 5.11 Å². The Labute approximate surface area is 403 Å². The number of carboxylic acid groups (broad SMARTS) is 1. The normalized spacial score (nSPS) is 12.8. The molecule has 8 nitrogen and oxygen atoms in total. The lowest BCUT2D eigenvalue weighted by molar-refractivity contribution is -0.889. The second-order valence-electron chi connectivity index (χ2n) is 20.5. The van der Waals surface area contributed by atoms with Crippen LogP contribution in [0.25, 0.3) is 0 Å². The number of likely N-dealkylation sites (N-methyl/N-ethyl adjacent to an activating group) is 1. The summed E-state index contributed by atoms with van der Waals surface area (Å²) in [5, 5.41) is 11.7. The SMILES string of the molecule is CCCCCCCCCCCCCC/C=C/CCCCCCCCCC(=O)OC(COCCC(C(=O)[O-])[N+](C)(C)C)COC(=O)CCCCCCCCCCCCCCCCCCCC. The molecule has 0 aliphatic heterocycles. The molecule has 384 valence electrons. The van der Waals surface area contributed by atoms with Crippen molar-refractivity contribution in [1.29, 1.82) is 0 Å². The summed E-state index contributed by atoms with van der Waals surface area (Å²) >= 11 is 0. The molecule has 0 spiro atoms. The van der Waals surface area contributed by atoms with E-state index in [1.165, 1.54) is 212 Å². The summed E-state index contributed by atoms with van der Waals surface area (Å²) in [5.41, 5.74) is 0. The predicted molar refractivity (Wildman–Crippen MR) is 273 cm³/mol. The van der Waals surface area contributed by atoms with Crippen molar-refractivity contribution < 1.29 is 38.2 Å². The van der Waals surface area contributed by atoms with Gasteiger partial charge in [-0.1, -0.05) is 238 Å². The molecule has 0 rings (SSSR count). The number of hydrogen-bond donors (Lipinski definition) is 0. The molecule has 0 amide bonds. The van der Waals surface area contributed by atoms with Crippen molar-refractivity contribution >= 4 is 17.9 Å². The van der Waals surface area contributed by atoms with Crippen LogP contribution in [0.15, 0.2) is 12.2 Å². The van der Waals surface area contributed by atoms with Crippen molar-refractivity contribution in [2.24, 2.45) is 0 Å². The molecule has 0 saturated carbocycles. The maximum Gasteiger partial charge on any atom is 0.306 e. The largest absolute Gasteiger partial charge is 0.544 e. The molecular weight excluding hydrogens is 811 g/mol. The zero-order valence-corrected chi connectivity index (χ0v) is 43.9. The predicted octanol–water partition coefficient (Wildman–Crippen LogP) is 15.3. The van der Waals surface area contributed by atoms with E-state index in [1.807, 2.05) is 21.1 Å². The maximum atomic E-state index is 12.8. The molecule has 8 heteroatoms. The molecule has 0 N–H and O–H groups in total. The minimum absolute atomic E-state index is 0.0454. The number of ether oxygens (including phenoxy) is 3. The van der Waals surface area contributed by atoms with Gasteiger partial charge < -0.3 is 28.6 Å². The van der Waals surface area contributed by atoms with Crippen molar-refractivity contribution in [2.75, 3.05) is 41.0 Å². The summed E-state index contributed by atoms with van der Waals surface area (Å²) < 4.78 is 17.3. The first-order valence-electron chi connectivity index (χ1n) is 28.2. The third-order valence-electron chi connectivity index (χ3n) is 13.2. The van der Waals surface area contributed by atoms with Gasteiger partial charge in [-0.2, -0.15) is 0 Å². The Morgan fingerprint density at radius 1 is 0.446 bits per heavy atom. The van der Waals surface area contributed by atoms with E-state index >= 15 is 0 Å². The quantitative estimate of drug-likeness (QED) is 0.0259. The van der Waals surface area contributed by atoms with E-state index in [0.29, 0.717) is 12.8 Å². The van der Waals surface area contributed by atoms with Crippen molar-refractivity contribution in [3.8, 4) is 0 Å². The van der Waals surface area contributed by atoms with Crippen LogP contribution in [0.3, 0.4) is 0 Å². The molecule has 0 aliphatic carbocycles. The fourth-order valence-electron chi connectivity index (χ4n) is 8.78. The van der Waals surface area contributed by atoms with Crippen LogP contribution in [-0.2, 0) is 28.6 Å². The molecule has 65 heavy (non-hydrogen) atoms. The maximum absolute atomic E-state index is 12.8. The van der Waals surface area contributed by atoms with Gasteiger partial charge >= 0.3 is 11.9 Å². The minimum Gasteiger partial charge on any atom is -0.544 e. The Balaban J connectivity index is 4.15. The summed E-state index contributed by atoms with van der Waals surface area (Å²) in [6, 6.07) is -0.723. The first-order valence-corrected chi connectivity index (χ1v) is 28.2. The van der Waals surface area contributed by atoms with E-state index in [2.05, 4.69) is 26.0 Å². The van der Waals surface area contributed by atoms with Gasteiger partial charge in [0.15, 0.2) is 6.10 Å². The fraction of sp³-hybridized carbons (Fsp3) is 0.912. The molecule has 0 radical (unpaired) electrons. The molecule has 0 saturated heterocycles. The number of rotatable bonds is 52. The van der Waals surface area contributed by atoms with Gasteiger partial charge in [0.2, 0.25) is 0 Å². The van der Waals surface area contributed by atoms with Gasteiger partial charge in [0.25, 0.3) is 0 Å². The molecule has 2 atom stereocenters. The van der Waals surface area contributed by atoms with Gasteiger partial charge in [0.05, 0.1) is 40.3 Å². The van der Waals surface area contributed by atoms with Gasteiger partial charge in [-0.05, 0) is 38.5 Å². The Hall–Kier alpha value is -1.93. The summed E-state index contributed by atoms with van der Waals surface area (Å²) in [6.07, 6.45) is 55.4. The highest BCUT2D eigenvalue weighted by Gasteiger charge is 2.25. The summed E-state index contributed by atoms with van der Waals surface area (Å²) in [4.78, 5) is 37.1. The molecule has 0 bridgehead atoms. The van der Waals surface area contributed by atoms with Gasteiger partial charge in [-0.3, -0.25) is 9.59 Å². The van der Waals surface area contributed by atoms with Crippen molar-refractivity contribution in [1.82, 2.24) is 0 Å². The van der Waals surface area contributed by atoms with Crippen LogP contribution >= 0.6 is 0 Å². The van der Waals surface area contributed by atoms with E-state index in [9.17, 15) is 19.5 Å². The molecule has 0 heterocycles. The van der Waals surface area contributed by atoms with Crippen LogP contribution in [0.1, 0.15) is 284 Å². The average Bonchev–Trinajstić information content (AvgIpc) is 3.27. The lowest BCUT2D eigenvalue weighted by atomic mass is 10.0. The Morgan fingerprint density at radius 2 is 0.769 bits per heavy atom. The van der Waals surface area contributed by atoms with Crippen LogP contribution in [0.4, 0.5) is 0 Å². The number of carbonyl (C=O) groups is 3. The number of carboxylic acids is 1. The third kappa shape index (κ3) is 46.9. The zero-order valence-electron chi connectivity index (χ0n) is 43.9. The lowest BCUT2D eigenvalue weighted by Crippen LogP contribution is -2.55. The number of nitrogens with zero attached hydrogens (tertiary/aromatic N) is 1. The number of esters is 2. The smallest absolute Gasteiger partial charge is 0.306 e. The second-order valence-corrected chi connectivity index (χ2v) is 20.5. The first-order chi connectivity index (χ1) is 31.6. The second kappa shape index (κ2) is 48.5. The van der Waals surface area contributed by atoms with Crippen molar-refractivity contribution in [3.63, 3.8) is 0 Å². The summed E-state index contributed by atoms with van der Waals surface area (Å²) in [5.74, 6) is -1.71. The number of carbonyl (C=O) groups excluding carboxylic acids is 3. The molecular formula is C57H109NO7. The highest BCUT2D eigenvalue weighted by atomic mass is 16.6. The van der Waals surface area contributed by atoms with E-state index in [0.717, 1.165) is 38.5 Å². The zero-order chi connectivity index (χ0) is 47.7. The van der Waals surface area contributed by atoms with E-state index in [4.69, 9.17) is 14.2 Å². The Morgan fingerprint density at radius 3 is 1.11 bits per heavy atom. The molecule has 2 unspecified atom stereocenters. The van der Waals surface area contributed by atoms with Crippen molar-refractivity contribution in [2.45, 2.75) is 296 Å². The van der Waals surface area contributed by atoms with Crippen molar-refractivity contribution in [3.05, 3.63) is 12.2 Å². The Kier molecular flexibility index (Phi) is 47.1. The monoisotopic (exact) mass is 920 g/mol. The minimum atomic E-state index is -1.12. The average molecular weight is 920 g/mol. The number of quaternary nitrogens is 1. The molecule has 0 aromatic carbocycles. The van der Waals surface area contributed by atoms with Gasteiger partial charge in [0, 0.05) is 19.3 Å². The fourth-order valence-corrected chi connectivity index (χ4v) is 8.78. The van der Waals surface area contributed by atoms with Gasteiger partial charge in [0.1, 0.15) is 12.6 Å². The molecule has 0 aromatic rings. The summed E-state index contributed by atoms with van der Waals surface area (Å²) in [7, 11) is 5.43. The Bertz CT molecular complexity index is 1070. The van der Waals surface area contributed by atoms with E-state index < -0.39 is 18.1 Å². The third-order valence-corrected chi connectivity index (χ3v) is 13.2. The number of aliphatic carboxylic acids is 1. The first kappa shape index (κ1) is 63.1.